The van der Waals surface area contributed by atoms with Gasteiger partial charge in [-0.25, -0.2) is 8.78 Å². The summed E-state index contributed by atoms with van der Waals surface area (Å²) in [6.45, 7) is 5.57. The zero-order valence-electron chi connectivity index (χ0n) is 19.5. The highest BCUT2D eigenvalue weighted by Crippen LogP contribution is 2.29. The van der Waals surface area contributed by atoms with E-state index in [4.69, 9.17) is 0 Å². The summed E-state index contributed by atoms with van der Waals surface area (Å²) in [7, 11) is 0. The number of aromatic hydroxyl groups is 1. The number of rotatable bonds is 6. The molecule has 3 heterocycles. The van der Waals surface area contributed by atoms with Crippen molar-refractivity contribution >= 4 is 23.5 Å². The SMILES string of the molecule is C/C(=C\c1cnn2c(O)c(C(=O)NC3CC3)c(=O)n(CC(C)C)c12)C(=O)N1CCC(F)(F)CC1. The number of hydrogen-bond donors (Lipinski definition) is 2. The molecule has 0 bridgehead atoms. The lowest BCUT2D eigenvalue weighted by molar-refractivity contribution is -0.133. The molecule has 1 aliphatic heterocycles. The van der Waals surface area contributed by atoms with Gasteiger partial charge in [0.05, 0.1) is 6.20 Å². The van der Waals surface area contributed by atoms with Crippen LogP contribution in [0.1, 0.15) is 62.4 Å². The summed E-state index contributed by atoms with van der Waals surface area (Å²) >= 11 is 0. The molecule has 1 saturated carbocycles. The first kappa shape index (κ1) is 23.9. The van der Waals surface area contributed by atoms with Crippen molar-refractivity contribution in [2.24, 2.45) is 5.92 Å². The van der Waals surface area contributed by atoms with Crippen molar-refractivity contribution in [1.82, 2.24) is 24.4 Å². The van der Waals surface area contributed by atoms with Gasteiger partial charge in [0.1, 0.15) is 5.65 Å². The molecule has 2 N–H and O–H groups in total. The zero-order valence-corrected chi connectivity index (χ0v) is 19.5. The topological polar surface area (TPSA) is 109 Å². The molecule has 11 heteroatoms. The summed E-state index contributed by atoms with van der Waals surface area (Å²) < 4.78 is 29.4. The number of fused-ring (bicyclic) bond motifs is 1. The normalized spacial score (nSPS) is 18.5. The first-order chi connectivity index (χ1) is 16.0. The molecule has 0 atom stereocenters. The second kappa shape index (κ2) is 8.84. The third-order valence-electron chi connectivity index (χ3n) is 6.09. The maximum Gasteiger partial charge on any atom is 0.270 e. The fourth-order valence-electron chi connectivity index (χ4n) is 4.11. The number of alkyl halides is 2. The van der Waals surface area contributed by atoms with Gasteiger partial charge in [-0.1, -0.05) is 13.8 Å². The molecule has 2 aromatic rings. The quantitative estimate of drug-likeness (QED) is 0.621. The van der Waals surface area contributed by atoms with Crippen molar-refractivity contribution in [2.75, 3.05) is 13.1 Å². The number of piperidine rings is 1. The predicted octanol–water partition coefficient (Wildman–Crippen LogP) is 2.41. The number of amides is 2. The molecular weight excluding hydrogens is 448 g/mol. The van der Waals surface area contributed by atoms with Crippen LogP contribution >= 0.6 is 0 Å². The Morgan fingerprint density at radius 2 is 1.94 bits per heavy atom. The van der Waals surface area contributed by atoms with Crippen molar-refractivity contribution in [3.63, 3.8) is 0 Å². The van der Waals surface area contributed by atoms with E-state index in [-0.39, 0.29) is 61.6 Å². The Hall–Kier alpha value is -3.24. The number of hydrogen-bond acceptors (Lipinski definition) is 5. The fraction of sp³-hybridized carbons (Fsp3) is 0.565. The Bertz CT molecular complexity index is 1220. The van der Waals surface area contributed by atoms with Gasteiger partial charge in [-0.3, -0.25) is 19.0 Å². The molecule has 0 radical (unpaired) electrons. The van der Waals surface area contributed by atoms with Crippen LogP contribution in [0.3, 0.4) is 0 Å². The maximum absolute atomic E-state index is 13.5. The second-order valence-corrected chi connectivity index (χ2v) is 9.57. The average Bonchev–Trinajstić information content (AvgIpc) is 3.47. The Morgan fingerprint density at radius 1 is 1.29 bits per heavy atom. The van der Waals surface area contributed by atoms with Crippen molar-refractivity contribution in [2.45, 2.75) is 65.0 Å². The van der Waals surface area contributed by atoms with E-state index in [1.165, 1.54) is 21.7 Å². The van der Waals surface area contributed by atoms with Crippen LogP contribution in [0, 0.1) is 5.92 Å². The van der Waals surface area contributed by atoms with Crippen molar-refractivity contribution in [1.29, 1.82) is 0 Å². The molecule has 0 aromatic carbocycles. The number of aromatic nitrogens is 3. The van der Waals surface area contributed by atoms with Crippen LogP contribution < -0.4 is 10.9 Å². The number of nitrogens with one attached hydrogen (secondary N) is 1. The Balaban J connectivity index is 1.74. The summed E-state index contributed by atoms with van der Waals surface area (Å²) in [6.07, 6.45) is 3.82. The molecule has 1 aliphatic carbocycles. The van der Waals surface area contributed by atoms with Gasteiger partial charge in [0.25, 0.3) is 17.4 Å². The Kier molecular flexibility index (Phi) is 6.22. The number of likely N-dealkylation sites (tertiary alicyclic amines) is 1. The van der Waals surface area contributed by atoms with Crippen LogP contribution in [0.4, 0.5) is 8.78 Å². The highest BCUT2D eigenvalue weighted by atomic mass is 19.3. The summed E-state index contributed by atoms with van der Waals surface area (Å²) in [5, 5.41) is 17.7. The number of halogens is 2. The van der Waals surface area contributed by atoms with Gasteiger partial charge in [-0.15, -0.1) is 0 Å². The Morgan fingerprint density at radius 3 is 2.53 bits per heavy atom. The summed E-state index contributed by atoms with van der Waals surface area (Å²) in [6, 6.07) is 0.0000562. The molecule has 2 fully saturated rings. The standard InChI is InChI=1S/C23H29F2N5O4/c1-13(2)12-29-19-15(10-14(3)20(32)28-8-6-23(24,25)7-9-28)11-26-30(19)22(34)17(21(29)33)18(31)27-16-4-5-16/h10-11,13,16,34H,4-9,12H2,1-3H3,(H,27,31)/b14-10+. The van der Waals surface area contributed by atoms with E-state index in [9.17, 15) is 28.3 Å². The molecule has 9 nitrogen and oxygen atoms in total. The van der Waals surface area contributed by atoms with E-state index in [1.807, 2.05) is 13.8 Å². The number of carbonyl (C=O) groups excluding carboxylic acids is 2. The van der Waals surface area contributed by atoms with Crippen molar-refractivity contribution in [3.8, 4) is 5.88 Å². The summed E-state index contributed by atoms with van der Waals surface area (Å²) in [5.74, 6) is -4.32. The molecule has 0 spiro atoms. The first-order valence-corrected chi connectivity index (χ1v) is 11.5. The van der Waals surface area contributed by atoms with Crippen LogP contribution in [0.15, 0.2) is 16.6 Å². The molecule has 2 aliphatic rings. The van der Waals surface area contributed by atoms with Crippen LogP contribution in [-0.2, 0) is 11.3 Å². The molecule has 34 heavy (non-hydrogen) atoms. The molecule has 1 saturated heterocycles. The van der Waals surface area contributed by atoms with Gasteiger partial charge in [-0.05, 0) is 31.8 Å². The smallest absolute Gasteiger partial charge is 0.270 e. The largest absolute Gasteiger partial charge is 0.492 e. The predicted molar refractivity (Wildman–Crippen MR) is 121 cm³/mol. The second-order valence-electron chi connectivity index (χ2n) is 9.57. The molecule has 4 rings (SSSR count). The Labute approximate surface area is 195 Å². The lowest BCUT2D eigenvalue weighted by atomic mass is 10.1. The van der Waals surface area contributed by atoms with Crippen molar-refractivity contribution < 1.29 is 23.5 Å². The number of carbonyl (C=O) groups is 2. The summed E-state index contributed by atoms with van der Waals surface area (Å²) in [5.41, 5.74) is -0.0828. The lowest BCUT2D eigenvalue weighted by Gasteiger charge is -2.31. The van der Waals surface area contributed by atoms with Gasteiger partial charge in [0, 0.05) is 49.7 Å². The van der Waals surface area contributed by atoms with Crippen molar-refractivity contribution in [3.05, 3.63) is 33.3 Å². The molecule has 2 amide bonds. The highest BCUT2D eigenvalue weighted by Gasteiger charge is 2.36. The van der Waals surface area contributed by atoms with Gasteiger partial charge in [0.15, 0.2) is 5.56 Å². The van der Waals surface area contributed by atoms with Gasteiger partial charge >= 0.3 is 0 Å². The highest BCUT2D eigenvalue weighted by molar-refractivity contribution is 5.99. The lowest BCUT2D eigenvalue weighted by Crippen LogP contribution is -2.43. The summed E-state index contributed by atoms with van der Waals surface area (Å²) in [4.78, 5) is 40.2. The number of nitrogens with zero attached hydrogens (tertiary/aromatic N) is 4. The van der Waals surface area contributed by atoms with E-state index < -0.39 is 23.3 Å². The minimum atomic E-state index is -2.76. The van der Waals surface area contributed by atoms with Gasteiger partial charge in [0.2, 0.25) is 11.8 Å². The maximum atomic E-state index is 13.5. The minimum Gasteiger partial charge on any atom is -0.492 e. The van der Waals surface area contributed by atoms with Gasteiger partial charge < -0.3 is 15.3 Å². The molecule has 184 valence electrons. The van der Waals surface area contributed by atoms with E-state index in [0.717, 1.165) is 17.4 Å². The van der Waals surface area contributed by atoms with E-state index in [0.29, 0.717) is 11.1 Å². The molecular formula is C23H29F2N5O4. The van der Waals surface area contributed by atoms with Crippen LogP contribution in [0.2, 0.25) is 0 Å². The average molecular weight is 478 g/mol. The van der Waals surface area contributed by atoms with Crippen LogP contribution in [0.25, 0.3) is 11.7 Å². The van der Waals surface area contributed by atoms with Crippen LogP contribution in [0.5, 0.6) is 5.88 Å². The van der Waals surface area contributed by atoms with Crippen LogP contribution in [-0.4, -0.2) is 61.1 Å². The molecule has 2 aromatic heterocycles. The third-order valence-corrected chi connectivity index (χ3v) is 6.09. The first-order valence-electron chi connectivity index (χ1n) is 11.5. The monoisotopic (exact) mass is 477 g/mol. The zero-order chi connectivity index (χ0) is 24.8. The van der Waals surface area contributed by atoms with E-state index in [1.54, 1.807) is 6.92 Å². The third kappa shape index (κ3) is 4.69. The fourth-order valence-corrected chi connectivity index (χ4v) is 4.11. The minimum absolute atomic E-state index is 0.0000562. The molecule has 0 unspecified atom stereocenters. The van der Waals surface area contributed by atoms with E-state index >= 15 is 0 Å². The van der Waals surface area contributed by atoms with Gasteiger partial charge in [-0.2, -0.15) is 9.61 Å². The van der Waals surface area contributed by atoms with E-state index in [2.05, 4.69) is 10.4 Å².